The molecule has 1 atom stereocenters. The highest BCUT2D eigenvalue weighted by Gasteiger charge is 2.31. The van der Waals surface area contributed by atoms with Crippen LogP contribution >= 0.6 is 0 Å². The Morgan fingerprint density at radius 1 is 1.24 bits per heavy atom. The summed E-state index contributed by atoms with van der Waals surface area (Å²) < 4.78 is 38.2. The monoisotopic (exact) mass is 350 g/mol. The molecule has 132 valence electrons. The fraction of sp³-hybridized carbons (Fsp3) is 0.353. The average Bonchev–Trinajstić information content (AvgIpc) is 3.08. The van der Waals surface area contributed by atoms with Crippen LogP contribution in [0.1, 0.15) is 28.8 Å². The summed E-state index contributed by atoms with van der Waals surface area (Å²) in [6.07, 6.45) is 0.643. The lowest BCUT2D eigenvalue weighted by atomic mass is 10.1. The van der Waals surface area contributed by atoms with Crippen molar-refractivity contribution in [2.75, 3.05) is 18.0 Å². The number of amides is 1. The van der Waals surface area contributed by atoms with Crippen LogP contribution in [0.15, 0.2) is 42.7 Å². The van der Waals surface area contributed by atoms with Gasteiger partial charge in [0.1, 0.15) is 0 Å². The van der Waals surface area contributed by atoms with Crippen LogP contribution in [0.25, 0.3) is 0 Å². The standard InChI is InChI=1S/C17H17F3N4O/c18-17(19,20)13-5-1-4-12(10-13)15(25)23-11-14-6-2-9-24(14)16-21-7-3-8-22-16/h1,3-5,7-8,10,14H,2,6,9,11H2,(H,23,25). The first-order valence-corrected chi connectivity index (χ1v) is 7.94. The summed E-state index contributed by atoms with van der Waals surface area (Å²) in [7, 11) is 0. The molecule has 1 aliphatic rings. The highest BCUT2D eigenvalue weighted by Crippen LogP contribution is 2.29. The molecule has 0 saturated carbocycles. The Kier molecular flexibility index (Phi) is 4.87. The zero-order valence-corrected chi connectivity index (χ0v) is 13.3. The van der Waals surface area contributed by atoms with Gasteiger partial charge in [-0.25, -0.2) is 9.97 Å². The van der Waals surface area contributed by atoms with Crippen molar-refractivity contribution in [3.05, 3.63) is 53.9 Å². The number of hydrogen-bond donors (Lipinski definition) is 1. The van der Waals surface area contributed by atoms with Crippen molar-refractivity contribution in [2.45, 2.75) is 25.1 Å². The molecule has 1 aliphatic heterocycles. The molecule has 0 radical (unpaired) electrons. The fourth-order valence-corrected chi connectivity index (χ4v) is 2.90. The number of halogens is 3. The van der Waals surface area contributed by atoms with Crippen LogP contribution in [0.4, 0.5) is 19.1 Å². The van der Waals surface area contributed by atoms with Crippen molar-refractivity contribution in [2.24, 2.45) is 0 Å². The lowest BCUT2D eigenvalue weighted by Crippen LogP contribution is -2.41. The van der Waals surface area contributed by atoms with Crippen molar-refractivity contribution in [3.63, 3.8) is 0 Å². The van der Waals surface area contributed by atoms with Gasteiger partial charge in [-0.2, -0.15) is 13.2 Å². The van der Waals surface area contributed by atoms with E-state index in [4.69, 9.17) is 0 Å². The summed E-state index contributed by atoms with van der Waals surface area (Å²) in [6, 6.07) is 6.17. The van der Waals surface area contributed by atoms with Crippen LogP contribution in [-0.2, 0) is 6.18 Å². The van der Waals surface area contributed by atoms with Crippen LogP contribution in [0, 0.1) is 0 Å². The molecule has 1 saturated heterocycles. The summed E-state index contributed by atoms with van der Waals surface area (Å²) in [4.78, 5) is 22.6. The smallest absolute Gasteiger partial charge is 0.350 e. The number of nitrogens with zero attached hydrogens (tertiary/aromatic N) is 3. The molecule has 1 N–H and O–H groups in total. The number of aromatic nitrogens is 2. The SMILES string of the molecule is O=C(NCC1CCCN1c1ncccn1)c1cccc(C(F)(F)F)c1. The number of carbonyl (C=O) groups excluding carboxylic acids is 1. The highest BCUT2D eigenvalue weighted by molar-refractivity contribution is 5.94. The lowest BCUT2D eigenvalue weighted by Gasteiger charge is -2.24. The first kappa shape index (κ1) is 17.2. The van der Waals surface area contributed by atoms with Gasteiger partial charge in [0, 0.05) is 37.1 Å². The quantitative estimate of drug-likeness (QED) is 0.921. The third-order valence-electron chi connectivity index (χ3n) is 4.14. The van der Waals surface area contributed by atoms with E-state index in [1.54, 1.807) is 18.5 Å². The van der Waals surface area contributed by atoms with Crippen LogP contribution < -0.4 is 10.2 Å². The van der Waals surface area contributed by atoms with E-state index in [9.17, 15) is 18.0 Å². The summed E-state index contributed by atoms with van der Waals surface area (Å²) in [5, 5.41) is 2.72. The molecular weight excluding hydrogens is 333 g/mol. The van der Waals surface area contributed by atoms with Gasteiger partial charge in [-0.15, -0.1) is 0 Å². The van der Waals surface area contributed by atoms with Crippen molar-refractivity contribution >= 4 is 11.9 Å². The maximum Gasteiger partial charge on any atom is 0.416 e. The Morgan fingerprint density at radius 3 is 2.72 bits per heavy atom. The molecule has 0 aliphatic carbocycles. The Morgan fingerprint density at radius 2 is 2.00 bits per heavy atom. The van der Waals surface area contributed by atoms with Gasteiger partial charge in [-0.3, -0.25) is 4.79 Å². The Hall–Kier alpha value is -2.64. The van der Waals surface area contributed by atoms with Crippen LogP contribution in [0.3, 0.4) is 0 Å². The molecule has 3 rings (SSSR count). The number of benzene rings is 1. The Balaban J connectivity index is 1.64. The van der Waals surface area contributed by atoms with Crippen LogP contribution in [-0.4, -0.2) is 35.0 Å². The van der Waals surface area contributed by atoms with Crippen molar-refractivity contribution in [1.82, 2.24) is 15.3 Å². The largest absolute Gasteiger partial charge is 0.416 e. The van der Waals surface area contributed by atoms with Gasteiger partial charge in [0.05, 0.1) is 5.56 Å². The third kappa shape index (κ3) is 4.07. The van der Waals surface area contributed by atoms with E-state index in [-0.39, 0.29) is 11.6 Å². The summed E-state index contributed by atoms with van der Waals surface area (Å²) in [6.45, 7) is 1.11. The van der Waals surface area contributed by atoms with E-state index in [2.05, 4.69) is 15.3 Å². The van der Waals surface area contributed by atoms with Crippen molar-refractivity contribution < 1.29 is 18.0 Å². The van der Waals surface area contributed by atoms with Gasteiger partial charge in [-0.1, -0.05) is 6.07 Å². The Labute approximate surface area is 142 Å². The van der Waals surface area contributed by atoms with E-state index in [0.717, 1.165) is 31.5 Å². The minimum Gasteiger partial charge on any atom is -0.350 e. The number of alkyl halides is 3. The summed E-state index contributed by atoms with van der Waals surface area (Å²) in [5.74, 6) is 0.0743. The number of hydrogen-bond acceptors (Lipinski definition) is 4. The van der Waals surface area contributed by atoms with Gasteiger partial charge in [0.2, 0.25) is 5.95 Å². The minimum atomic E-state index is -4.47. The average molecular weight is 350 g/mol. The molecule has 1 aromatic heterocycles. The van der Waals surface area contributed by atoms with E-state index in [0.29, 0.717) is 12.5 Å². The molecule has 5 nitrogen and oxygen atoms in total. The molecule has 1 unspecified atom stereocenters. The normalized spacial score (nSPS) is 17.6. The predicted molar refractivity (Wildman–Crippen MR) is 86.2 cm³/mol. The van der Waals surface area contributed by atoms with Crippen molar-refractivity contribution in [3.8, 4) is 0 Å². The van der Waals surface area contributed by atoms with Gasteiger partial charge >= 0.3 is 6.18 Å². The molecule has 1 amide bonds. The summed E-state index contributed by atoms with van der Waals surface area (Å²) >= 11 is 0. The molecule has 1 aromatic carbocycles. The van der Waals surface area contributed by atoms with E-state index >= 15 is 0 Å². The second-order valence-electron chi connectivity index (χ2n) is 5.83. The van der Waals surface area contributed by atoms with Crippen molar-refractivity contribution in [1.29, 1.82) is 0 Å². The van der Waals surface area contributed by atoms with Crippen LogP contribution in [0.2, 0.25) is 0 Å². The highest BCUT2D eigenvalue weighted by atomic mass is 19.4. The molecule has 2 heterocycles. The number of anilines is 1. The number of rotatable bonds is 4. The lowest BCUT2D eigenvalue weighted by molar-refractivity contribution is -0.137. The van der Waals surface area contributed by atoms with E-state index in [1.165, 1.54) is 12.1 Å². The number of nitrogens with one attached hydrogen (secondary N) is 1. The second kappa shape index (κ2) is 7.08. The molecule has 0 spiro atoms. The zero-order valence-electron chi connectivity index (χ0n) is 13.3. The third-order valence-corrected chi connectivity index (χ3v) is 4.14. The van der Waals surface area contributed by atoms with E-state index in [1.807, 2.05) is 4.90 Å². The molecule has 25 heavy (non-hydrogen) atoms. The van der Waals surface area contributed by atoms with Crippen LogP contribution in [0.5, 0.6) is 0 Å². The maximum atomic E-state index is 12.7. The number of carbonyl (C=O) groups is 1. The summed E-state index contributed by atoms with van der Waals surface area (Å²) in [5.41, 5.74) is -0.837. The first-order valence-electron chi connectivity index (χ1n) is 7.94. The van der Waals surface area contributed by atoms with Gasteiger partial charge in [0.15, 0.2) is 0 Å². The second-order valence-corrected chi connectivity index (χ2v) is 5.83. The Bertz CT molecular complexity index is 736. The first-order chi connectivity index (χ1) is 11.9. The molecule has 1 fully saturated rings. The van der Waals surface area contributed by atoms with Gasteiger partial charge in [0.25, 0.3) is 5.91 Å². The molecule has 8 heteroatoms. The van der Waals surface area contributed by atoms with E-state index < -0.39 is 17.6 Å². The van der Waals surface area contributed by atoms with Gasteiger partial charge < -0.3 is 10.2 Å². The molecule has 2 aromatic rings. The van der Waals surface area contributed by atoms with Gasteiger partial charge in [-0.05, 0) is 37.1 Å². The minimum absolute atomic E-state index is 0.00432. The fourth-order valence-electron chi connectivity index (χ4n) is 2.90. The maximum absolute atomic E-state index is 12.7. The molecule has 0 bridgehead atoms. The predicted octanol–water partition coefficient (Wildman–Crippen LogP) is 2.89. The topological polar surface area (TPSA) is 58.1 Å². The zero-order chi connectivity index (χ0) is 17.9. The molecular formula is C17H17F3N4O.